The molecule has 0 radical (unpaired) electrons. The van der Waals surface area contributed by atoms with Crippen LogP contribution in [0, 0.1) is 10.1 Å². The van der Waals surface area contributed by atoms with Crippen LogP contribution in [0.2, 0.25) is 0 Å². The summed E-state index contributed by atoms with van der Waals surface area (Å²) in [6.45, 7) is 1.64. The minimum absolute atomic E-state index is 0.0848. The molecule has 1 heterocycles. The molecular weight excluding hydrogens is 330 g/mol. The van der Waals surface area contributed by atoms with Gasteiger partial charge in [-0.15, -0.1) is 0 Å². The van der Waals surface area contributed by atoms with Crippen molar-refractivity contribution < 1.29 is 23.2 Å². The summed E-state index contributed by atoms with van der Waals surface area (Å²) in [7, 11) is 0. The van der Waals surface area contributed by atoms with Crippen LogP contribution in [-0.2, 0) is 16.0 Å². The van der Waals surface area contributed by atoms with Crippen molar-refractivity contribution in [3.63, 3.8) is 0 Å². The van der Waals surface area contributed by atoms with Gasteiger partial charge in [-0.2, -0.15) is 0 Å². The quantitative estimate of drug-likeness (QED) is 0.468. The number of aromatic nitrogens is 1. The van der Waals surface area contributed by atoms with Gasteiger partial charge in [-0.25, -0.2) is 8.78 Å². The zero-order valence-electron chi connectivity index (χ0n) is 9.73. The molecule has 0 saturated heterocycles. The number of nitrogens with zero attached hydrogens (tertiary/aromatic N) is 2. The largest absolute Gasteiger partial charge is 0.466 e. The maximum absolute atomic E-state index is 12.8. The minimum atomic E-state index is -2.89. The third-order valence-electron chi connectivity index (χ3n) is 2.10. The standard InChI is InChI=1S/C10H9BrF2N2O4/c1-2-19-8(16)4-7-5(9(12)13)3-6(11)10(14-7)15(17)18/h3,9H,2,4H2,1H3. The van der Waals surface area contributed by atoms with Gasteiger partial charge in [0.05, 0.1) is 12.2 Å². The van der Waals surface area contributed by atoms with Gasteiger partial charge in [0.2, 0.25) is 0 Å². The Morgan fingerprint density at radius 2 is 2.26 bits per heavy atom. The topological polar surface area (TPSA) is 82.3 Å². The van der Waals surface area contributed by atoms with Crippen molar-refractivity contribution in [2.24, 2.45) is 0 Å². The lowest BCUT2D eigenvalue weighted by Gasteiger charge is -2.06. The number of pyridine rings is 1. The number of hydrogen-bond donors (Lipinski definition) is 0. The first-order valence-corrected chi connectivity index (χ1v) is 5.93. The highest BCUT2D eigenvalue weighted by atomic mass is 79.9. The summed E-state index contributed by atoms with van der Waals surface area (Å²) in [5, 5.41) is 10.7. The van der Waals surface area contributed by atoms with Gasteiger partial charge in [0.25, 0.3) is 6.43 Å². The van der Waals surface area contributed by atoms with E-state index in [1.807, 2.05) is 0 Å². The summed E-state index contributed by atoms with van der Waals surface area (Å²) in [5.74, 6) is -1.39. The van der Waals surface area contributed by atoms with E-state index < -0.39 is 35.1 Å². The van der Waals surface area contributed by atoms with Gasteiger partial charge < -0.3 is 14.9 Å². The fourth-order valence-electron chi connectivity index (χ4n) is 1.34. The number of ether oxygens (including phenoxy) is 1. The maximum Gasteiger partial charge on any atom is 0.378 e. The number of nitro groups is 1. The van der Waals surface area contributed by atoms with Gasteiger partial charge in [-0.3, -0.25) is 4.79 Å². The lowest BCUT2D eigenvalue weighted by Crippen LogP contribution is -2.12. The van der Waals surface area contributed by atoms with E-state index in [9.17, 15) is 23.7 Å². The monoisotopic (exact) mass is 338 g/mol. The predicted molar refractivity (Wildman–Crippen MR) is 63.9 cm³/mol. The van der Waals surface area contributed by atoms with Gasteiger partial charge in [-0.05, 0) is 38.8 Å². The van der Waals surface area contributed by atoms with Crippen LogP contribution in [0.5, 0.6) is 0 Å². The number of alkyl halides is 2. The van der Waals surface area contributed by atoms with E-state index in [1.165, 1.54) is 0 Å². The van der Waals surface area contributed by atoms with Gasteiger partial charge in [-0.1, -0.05) is 0 Å². The van der Waals surface area contributed by atoms with Gasteiger partial charge in [0.1, 0.15) is 10.9 Å². The molecule has 0 aliphatic rings. The Bertz CT molecular complexity index is 511. The first kappa shape index (κ1) is 15.4. The molecule has 6 nitrogen and oxygen atoms in total. The third-order valence-corrected chi connectivity index (χ3v) is 2.68. The Hall–Kier alpha value is -1.64. The maximum atomic E-state index is 12.8. The molecule has 1 rings (SSSR count). The van der Waals surface area contributed by atoms with Crippen LogP contribution in [-0.4, -0.2) is 22.5 Å². The summed E-state index contributed by atoms with van der Waals surface area (Å²) >= 11 is 2.79. The van der Waals surface area contributed by atoms with Crippen LogP contribution >= 0.6 is 15.9 Å². The van der Waals surface area contributed by atoms with Gasteiger partial charge >= 0.3 is 11.8 Å². The number of carbonyl (C=O) groups is 1. The second-order valence-corrected chi connectivity index (χ2v) is 4.22. The Balaban J connectivity index is 3.21. The van der Waals surface area contributed by atoms with E-state index >= 15 is 0 Å². The number of halogens is 3. The molecule has 0 atom stereocenters. The van der Waals surface area contributed by atoms with Crippen LogP contribution in [0.25, 0.3) is 0 Å². The Morgan fingerprint density at radius 3 is 2.74 bits per heavy atom. The van der Waals surface area contributed by atoms with Crippen LogP contribution < -0.4 is 0 Å². The average molecular weight is 339 g/mol. The predicted octanol–water partition coefficient (Wildman–Crippen LogP) is 2.80. The molecule has 1 aromatic heterocycles. The van der Waals surface area contributed by atoms with Crippen LogP contribution in [0.3, 0.4) is 0 Å². The van der Waals surface area contributed by atoms with Crippen molar-refractivity contribution in [1.82, 2.24) is 4.98 Å². The van der Waals surface area contributed by atoms with E-state index in [1.54, 1.807) is 6.92 Å². The Morgan fingerprint density at radius 1 is 1.63 bits per heavy atom. The van der Waals surface area contributed by atoms with Crippen LogP contribution in [0.1, 0.15) is 24.6 Å². The molecule has 19 heavy (non-hydrogen) atoms. The van der Waals surface area contributed by atoms with Crippen LogP contribution in [0.15, 0.2) is 10.5 Å². The molecule has 0 aromatic carbocycles. The molecule has 9 heteroatoms. The zero-order chi connectivity index (χ0) is 14.6. The van der Waals surface area contributed by atoms with E-state index in [-0.39, 0.29) is 16.8 Å². The molecule has 0 aliphatic heterocycles. The molecule has 0 spiro atoms. The minimum Gasteiger partial charge on any atom is -0.466 e. The normalized spacial score (nSPS) is 10.6. The second-order valence-electron chi connectivity index (χ2n) is 3.37. The molecule has 0 aliphatic carbocycles. The molecule has 0 N–H and O–H groups in total. The van der Waals surface area contributed by atoms with Crippen molar-refractivity contribution in [2.45, 2.75) is 19.8 Å². The van der Waals surface area contributed by atoms with Gasteiger partial charge in [0, 0.05) is 0 Å². The lowest BCUT2D eigenvalue weighted by molar-refractivity contribution is -0.390. The summed E-state index contributed by atoms with van der Waals surface area (Å²) in [6, 6.07) is 0.893. The number of hydrogen-bond acceptors (Lipinski definition) is 5. The van der Waals surface area contributed by atoms with E-state index in [4.69, 9.17) is 0 Å². The van der Waals surface area contributed by atoms with E-state index in [0.29, 0.717) is 0 Å². The van der Waals surface area contributed by atoms with Crippen molar-refractivity contribution in [3.05, 3.63) is 31.9 Å². The molecule has 1 aromatic rings. The van der Waals surface area contributed by atoms with Crippen molar-refractivity contribution >= 4 is 27.7 Å². The molecular formula is C10H9BrF2N2O4. The highest BCUT2D eigenvalue weighted by Gasteiger charge is 2.26. The lowest BCUT2D eigenvalue weighted by atomic mass is 10.1. The fourth-order valence-corrected chi connectivity index (χ4v) is 1.82. The Labute approximate surface area is 115 Å². The van der Waals surface area contributed by atoms with E-state index in [0.717, 1.165) is 6.07 Å². The number of rotatable bonds is 5. The van der Waals surface area contributed by atoms with Crippen LogP contribution in [0.4, 0.5) is 14.6 Å². The highest BCUT2D eigenvalue weighted by Crippen LogP contribution is 2.30. The Kier molecular flexibility index (Phi) is 5.28. The molecule has 0 bridgehead atoms. The van der Waals surface area contributed by atoms with E-state index in [2.05, 4.69) is 25.7 Å². The fraction of sp³-hybridized carbons (Fsp3) is 0.400. The molecule has 0 saturated carbocycles. The summed E-state index contributed by atoms with van der Waals surface area (Å²) < 4.78 is 30.0. The van der Waals surface area contributed by atoms with Crippen molar-refractivity contribution in [3.8, 4) is 0 Å². The number of carbonyl (C=O) groups excluding carboxylic acids is 1. The average Bonchev–Trinajstić information content (AvgIpc) is 2.30. The van der Waals surface area contributed by atoms with Gasteiger partial charge in [0.15, 0.2) is 5.69 Å². The second kappa shape index (κ2) is 6.50. The number of esters is 1. The summed E-state index contributed by atoms with van der Waals surface area (Å²) in [4.78, 5) is 24.6. The summed E-state index contributed by atoms with van der Waals surface area (Å²) in [5.41, 5.74) is -0.895. The van der Waals surface area contributed by atoms with Crippen molar-refractivity contribution in [2.75, 3.05) is 6.61 Å². The SMILES string of the molecule is CCOC(=O)Cc1nc([N+](=O)[O-])c(Br)cc1C(F)F. The molecule has 0 amide bonds. The molecule has 0 fully saturated rings. The molecule has 104 valence electrons. The smallest absolute Gasteiger partial charge is 0.378 e. The zero-order valence-corrected chi connectivity index (χ0v) is 11.3. The van der Waals surface area contributed by atoms with Crippen molar-refractivity contribution in [1.29, 1.82) is 0 Å². The first-order valence-electron chi connectivity index (χ1n) is 5.14. The highest BCUT2D eigenvalue weighted by molar-refractivity contribution is 9.10. The third kappa shape index (κ3) is 3.91. The molecule has 0 unspecified atom stereocenters. The summed E-state index contributed by atoms with van der Waals surface area (Å²) in [6.07, 6.45) is -3.43. The first-order chi connectivity index (χ1) is 8.86.